The van der Waals surface area contributed by atoms with Crippen LogP contribution in [-0.2, 0) is 34.3 Å². The predicted octanol–water partition coefficient (Wildman–Crippen LogP) is 5.06. The zero-order valence-electron chi connectivity index (χ0n) is 24.4. The molecule has 0 aliphatic carbocycles. The molecular formula is C33H36N4O6S. The second-order valence-electron chi connectivity index (χ2n) is 10.0. The maximum atomic E-state index is 14.1. The number of nitrogens with one attached hydrogen (secondary N) is 2. The third-order valence-electron chi connectivity index (χ3n) is 6.99. The molecule has 3 amide bonds. The first-order valence-corrected chi connectivity index (χ1v) is 15.5. The Morgan fingerprint density at radius 1 is 0.750 bits per heavy atom. The van der Waals surface area contributed by atoms with Gasteiger partial charge in [0.25, 0.3) is 0 Å². The van der Waals surface area contributed by atoms with Crippen molar-refractivity contribution in [2.24, 2.45) is 0 Å². The highest BCUT2D eigenvalue weighted by Crippen LogP contribution is 2.26. The molecule has 0 saturated carbocycles. The Bertz CT molecular complexity index is 1580. The molecule has 4 aromatic carbocycles. The molecule has 0 aromatic heterocycles. The minimum atomic E-state index is -4.19. The fourth-order valence-corrected chi connectivity index (χ4v) is 6.20. The number of sulfonamides is 1. The number of carbonyl (C=O) groups excluding carboxylic acids is 2. The van der Waals surface area contributed by atoms with E-state index in [4.69, 9.17) is 9.94 Å². The number of benzene rings is 4. The van der Waals surface area contributed by atoms with Crippen molar-refractivity contribution in [3.8, 4) is 5.75 Å². The minimum absolute atomic E-state index is 0.0593. The van der Waals surface area contributed by atoms with Crippen molar-refractivity contribution in [3.05, 3.63) is 126 Å². The summed E-state index contributed by atoms with van der Waals surface area (Å²) < 4.78 is 34.5. The SMILES string of the molecule is COc1ccc(CCN(CCC(=O)NO)S(=O)(=O)c2ccccc2NC(=O)N(Cc2ccccc2)Cc2ccccc2)cc1. The highest BCUT2D eigenvalue weighted by Gasteiger charge is 2.28. The molecule has 0 spiro atoms. The smallest absolute Gasteiger partial charge is 0.322 e. The van der Waals surface area contributed by atoms with Gasteiger partial charge in [-0.25, -0.2) is 18.7 Å². The largest absolute Gasteiger partial charge is 0.497 e. The lowest BCUT2D eigenvalue weighted by Crippen LogP contribution is -2.37. The van der Waals surface area contributed by atoms with Gasteiger partial charge in [0.05, 0.1) is 12.8 Å². The van der Waals surface area contributed by atoms with Crippen LogP contribution in [0, 0.1) is 0 Å². The predicted molar refractivity (Wildman–Crippen MR) is 168 cm³/mol. The zero-order valence-corrected chi connectivity index (χ0v) is 25.2. The number of hydrogen-bond acceptors (Lipinski definition) is 6. The first-order valence-electron chi connectivity index (χ1n) is 14.1. The van der Waals surface area contributed by atoms with Gasteiger partial charge in [0, 0.05) is 32.6 Å². The van der Waals surface area contributed by atoms with Crippen LogP contribution in [0.3, 0.4) is 0 Å². The van der Waals surface area contributed by atoms with Gasteiger partial charge in [0.2, 0.25) is 15.9 Å². The lowest BCUT2D eigenvalue weighted by molar-refractivity contribution is -0.129. The zero-order chi connectivity index (χ0) is 31.4. The van der Waals surface area contributed by atoms with Crippen molar-refractivity contribution in [2.75, 3.05) is 25.5 Å². The van der Waals surface area contributed by atoms with Crippen molar-refractivity contribution in [3.63, 3.8) is 0 Å². The molecule has 0 radical (unpaired) electrons. The van der Waals surface area contributed by atoms with Gasteiger partial charge in [-0.15, -0.1) is 0 Å². The first kappa shape index (κ1) is 32.2. The van der Waals surface area contributed by atoms with Crippen LogP contribution in [0.25, 0.3) is 0 Å². The van der Waals surface area contributed by atoms with E-state index in [9.17, 15) is 18.0 Å². The normalized spacial score (nSPS) is 11.2. The summed E-state index contributed by atoms with van der Waals surface area (Å²) in [7, 11) is -2.63. The lowest BCUT2D eigenvalue weighted by atomic mass is 10.1. The molecule has 4 aromatic rings. The summed E-state index contributed by atoms with van der Waals surface area (Å²) in [6.45, 7) is 0.493. The highest BCUT2D eigenvalue weighted by atomic mass is 32.2. The van der Waals surface area contributed by atoms with Crippen molar-refractivity contribution in [1.29, 1.82) is 0 Å². The van der Waals surface area contributed by atoms with Crippen LogP contribution in [0.2, 0.25) is 0 Å². The van der Waals surface area contributed by atoms with Crippen LogP contribution in [0.5, 0.6) is 5.75 Å². The van der Waals surface area contributed by atoms with Crippen LogP contribution in [-0.4, -0.2) is 55.0 Å². The van der Waals surface area contributed by atoms with E-state index in [0.29, 0.717) is 25.3 Å². The topological polar surface area (TPSA) is 128 Å². The lowest BCUT2D eigenvalue weighted by Gasteiger charge is -2.26. The van der Waals surface area contributed by atoms with Gasteiger partial charge in [-0.1, -0.05) is 84.9 Å². The third kappa shape index (κ3) is 8.90. The number of para-hydroxylation sites is 1. The fraction of sp³-hybridized carbons (Fsp3) is 0.212. The molecule has 11 heteroatoms. The second kappa shape index (κ2) is 15.7. The van der Waals surface area contributed by atoms with E-state index in [1.165, 1.54) is 16.4 Å². The van der Waals surface area contributed by atoms with Crippen LogP contribution in [0.15, 0.2) is 114 Å². The molecule has 0 saturated heterocycles. The molecule has 0 bridgehead atoms. The highest BCUT2D eigenvalue weighted by molar-refractivity contribution is 7.89. The number of hydroxylamine groups is 1. The Hall–Kier alpha value is -4.71. The van der Waals surface area contributed by atoms with Crippen LogP contribution >= 0.6 is 0 Å². The van der Waals surface area contributed by atoms with Crippen LogP contribution in [0.4, 0.5) is 10.5 Å². The van der Waals surface area contributed by atoms with Crippen LogP contribution < -0.4 is 15.5 Å². The van der Waals surface area contributed by atoms with E-state index in [-0.39, 0.29) is 30.1 Å². The average molecular weight is 617 g/mol. The number of amides is 3. The van der Waals surface area contributed by atoms with E-state index in [1.807, 2.05) is 72.8 Å². The van der Waals surface area contributed by atoms with Crippen molar-refractivity contribution >= 4 is 27.6 Å². The number of anilines is 1. The standard InChI is InChI=1S/C33H36N4O6S/c1-43-29-18-16-26(17-19-29)20-22-37(23-21-32(38)35-40)44(41,42)31-15-9-8-14-30(31)34-33(39)36(24-27-10-4-2-5-11-27)25-28-12-6-3-7-13-28/h2-19,40H,20-25H2,1H3,(H,34,39)(H,35,38). The molecule has 0 heterocycles. The van der Waals surface area contributed by atoms with E-state index >= 15 is 0 Å². The van der Waals surface area contributed by atoms with Gasteiger partial charge in [-0.2, -0.15) is 4.31 Å². The van der Waals surface area contributed by atoms with E-state index < -0.39 is 22.0 Å². The van der Waals surface area contributed by atoms with Gasteiger partial charge in [-0.3, -0.25) is 10.0 Å². The Morgan fingerprint density at radius 3 is 1.89 bits per heavy atom. The summed E-state index contributed by atoms with van der Waals surface area (Å²) in [5.74, 6) is -0.0372. The quantitative estimate of drug-likeness (QED) is 0.134. The second-order valence-corrected chi connectivity index (χ2v) is 11.9. The minimum Gasteiger partial charge on any atom is -0.497 e. The molecule has 0 atom stereocenters. The molecule has 0 fully saturated rings. The van der Waals surface area contributed by atoms with E-state index in [2.05, 4.69) is 5.32 Å². The monoisotopic (exact) mass is 616 g/mol. The summed E-state index contributed by atoms with van der Waals surface area (Å²) >= 11 is 0. The summed E-state index contributed by atoms with van der Waals surface area (Å²) in [6, 6.07) is 32.1. The number of rotatable bonds is 14. The molecule has 0 unspecified atom stereocenters. The maximum Gasteiger partial charge on any atom is 0.322 e. The van der Waals surface area contributed by atoms with Crippen molar-refractivity contribution in [1.82, 2.24) is 14.7 Å². The van der Waals surface area contributed by atoms with Gasteiger partial charge in [0.1, 0.15) is 10.6 Å². The Labute approximate surface area is 257 Å². The summed E-state index contributed by atoms with van der Waals surface area (Å²) in [6.07, 6.45) is 0.106. The molecule has 10 nitrogen and oxygen atoms in total. The number of ether oxygens (including phenoxy) is 1. The third-order valence-corrected chi connectivity index (χ3v) is 8.94. The maximum absolute atomic E-state index is 14.1. The Morgan fingerprint density at radius 2 is 1.32 bits per heavy atom. The molecule has 230 valence electrons. The summed E-state index contributed by atoms with van der Waals surface area (Å²) in [4.78, 5) is 27.1. The fourth-order valence-electron chi connectivity index (χ4n) is 4.62. The van der Waals surface area contributed by atoms with E-state index in [0.717, 1.165) is 16.7 Å². The number of carbonyl (C=O) groups is 2. The molecule has 0 aliphatic heterocycles. The number of methoxy groups -OCH3 is 1. The summed E-state index contributed by atoms with van der Waals surface area (Å²) in [5.41, 5.74) is 4.38. The average Bonchev–Trinajstić information content (AvgIpc) is 3.05. The van der Waals surface area contributed by atoms with E-state index in [1.54, 1.807) is 41.8 Å². The van der Waals surface area contributed by atoms with Crippen molar-refractivity contribution in [2.45, 2.75) is 30.8 Å². The summed E-state index contributed by atoms with van der Waals surface area (Å²) in [5, 5.41) is 11.8. The van der Waals surface area contributed by atoms with Crippen molar-refractivity contribution < 1.29 is 28.0 Å². The van der Waals surface area contributed by atoms with Gasteiger partial charge in [0.15, 0.2) is 0 Å². The molecule has 44 heavy (non-hydrogen) atoms. The van der Waals surface area contributed by atoms with Gasteiger partial charge < -0.3 is 15.0 Å². The first-order chi connectivity index (χ1) is 21.3. The Balaban J connectivity index is 1.59. The molecule has 3 N–H and O–H groups in total. The van der Waals surface area contributed by atoms with Gasteiger partial charge >= 0.3 is 6.03 Å². The molecular weight excluding hydrogens is 580 g/mol. The molecule has 0 aliphatic rings. The Kier molecular flexibility index (Phi) is 11.5. The number of nitrogens with zero attached hydrogens (tertiary/aromatic N) is 2. The number of hydrogen-bond donors (Lipinski definition) is 3. The van der Waals surface area contributed by atoms with Crippen LogP contribution in [0.1, 0.15) is 23.1 Å². The number of urea groups is 1. The van der Waals surface area contributed by atoms with Gasteiger partial charge in [-0.05, 0) is 47.4 Å². The molecule has 4 rings (SSSR count).